The molecule has 3 heterocycles. The Morgan fingerprint density at radius 1 is 1.04 bits per heavy atom. The van der Waals surface area contributed by atoms with Gasteiger partial charge in [-0.25, -0.2) is 9.97 Å². The fraction of sp³-hybridized carbons (Fsp3) is 0.316. The number of aryl methyl sites for hydroxylation is 1. The van der Waals surface area contributed by atoms with Crippen molar-refractivity contribution in [2.24, 2.45) is 0 Å². The highest BCUT2D eigenvalue weighted by Crippen LogP contribution is 2.12. The normalized spacial score (nSPS) is 14.5. The van der Waals surface area contributed by atoms with E-state index in [2.05, 4.69) is 9.97 Å². The molecule has 0 unspecified atom stereocenters. The zero-order valence-corrected chi connectivity index (χ0v) is 14.6. The van der Waals surface area contributed by atoms with Crippen molar-refractivity contribution in [3.63, 3.8) is 0 Å². The Balaban J connectivity index is 1.66. The topological polar surface area (TPSA) is 90.2 Å². The fourth-order valence-corrected chi connectivity index (χ4v) is 2.92. The first-order valence-corrected chi connectivity index (χ1v) is 8.47. The van der Waals surface area contributed by atoms with Crippen molar-refractivity contribution in [1.82, 2.24) is 19.8 Å². The molecule has 1 fully saturated rings. The number of nitrogens with zero attached hydrogens (tertiary/aromatic N) is 5. The quantitative estimate of drug-likeness (QED) is 0.822. The maximum Gasteiger partial charge on any atom is 0.272 e. The molecule has 26 heavy (non-hydrogen) atoms. The molecule has 0 aliphatic carbocycles. The van der Waals surface area contributed by atoms with Crippen molar-refractivity contribution >= 4 is 11.8 Å². The highest BCUT2D eigenvalue weighted by Gasteiger charge is 2.24. The van der Waals surface area contributed by atoms with Crippen LogP contribution in [0.15, 0.2) is 36.5 Å². The Morgan fingerprint density at radius 3 is 2.38 bits per heavy atom. The Labute approximate surface area is 151 Å². The summed E-state index contributed by atoms with van der Waals surface area (Å²) in [6.07, 6.45) is 2.12. The maximum atomic E-state index is 12.6. The lowest BCUT2D eigenvalue weighted by molar-refractivity contribution is 0.0715. The van der Waals surface area contributed by atoms with Gasteiger partial charge < -0.3 is 9.80 Å². The largest absolute Gasteiger partial charge is 0.337 e. The molecule has 7 nitrogen and oxygen atoms in total. The minimum absolute atomic E-state index is 0.108. The lowest BCUT2D eigenvalue weighted by Gasteiger charge is -2.22. The van der Waals surface area contributed by atoms with Crippen molar-refractivity contribution in [3.8, 4) is 6.07 Å². The van der Waals surface area contributed by atoms with Gasteiger partial charge in [-0.1, -0.05) is 6.07 Å². The van der Waals surface area contributed by atoms with Gasteiger partial charge in [-0.3, -0.25) is 9.59 Å². The molecule has 0 aromatic carbocycles. The summed E-state index contributed by atoms with van der Waals surface area (Å²) in [5.41, 5.74) is 1.96. The summed E-state index contributed by atoms with van der Waals surface area (Å²) in [5, 5.41) is 8.79. The van der Waals surface area contributed by atoms with Crippen molar-refractivity contribution in [2.45, 2.75) is 13.3 Å². The van der Waals surface area contributed by atoms with Crippen molar-refractivity contribution in [3.05, 3.63) is 59.2 Å². The van der Waals surface area contributed by atoms with E-state index >= 15 is 0 Å². The number of hydrogen-bond acceptors (Lipinski definition) is 5. The number of nitriles is 1. The first-order chi connectivity index (χ1) is 12.6. The molecule has 3 rings (SSSR count). The number of carbonyl (C=O) groups is 2. The number of aromatic nitrogens is 2. The molecule has 1 aliphatic heterocycles. The molecule has 0 atom stereocenters. The van der Waals surface area contributed by atoms with E-state index < -0.39 is 0 Å². The van der Waals surface area contributed by atoms with Crippen LogP contribution in [0.4, 0.5) is 0 Å². The van der Waals surface area contributed by atoms with E-state index in [9.17, 15) is 9.59 Å². The average molecular weight is 349 g/mol. The molecule has 2 aromatic heterocycles. The first-order valence-electron chi connectivity index (χ1n) is 8.47. The van der Waals surface area contributed by atoms with Gasteiger partial charge in [0, 0.05) is 38.1 Å². The van der Waals surface area contributed by atoms with Crippen LogP contribution < -0.4 is 0 Å². The second-order valence-corrected chi connectivity index (χ2v) is 6.15. The number of pyridine rings is 2. The second-order valence-electron chi connectivity index (χ2n) is 6.15. The van der Waals surface area contributed by atoms with E-state index in [0.717, 1.165) is 5.69 Å². The van der Waals surface area contributed by atoms with Gasteiger partial charge in [-0.05, 0) is 37.6 Å². The lowest BCUT2D eigenvalue weighted by Crippen LogP contribution is -2.37. The van der Waals surface area contributed by atoms with Crippen LogP contribution in [0.25, 0.3) is 0 Å². The lowest BCUT2D eigenvalue weighted by atomic mass is 10.2. The van der Waals surface area contributed by atoms with Crippen molar-refractivity contribution < 1.29 is 9.59 Å². The van der Waals surface area contributed by atoms with Gasteiger partial charge in [-0.2, -0.15) is 5.26 Å². The predicted molar refractivity (Wildman–Crippen MR) is 94.4 cm³/mol. The molecule has 0 N–H and O–H groups in total. The molecule has 1 saturated heterocycles. The minimum atomic E-state index is -0.134. The Hall–Kier alpha value is -3.27. The fourth-order valence-electron chi connectivity index (χ4n) is 2.92. The number of amides is 2. The van der Waals surface area contributed by atoms with Gasteiger partial charge in [0.1, 0.15) is 17.5 Å². The van der Waals surface area contributed by atoms with Crippen LogP contribution in [0, 0.1) is 18.3 Å². The summed E-state index contributed by atoms with van der Waals surface area (Å²) in [7, 11) is 0. The molecule has 0 radical (unpaired) electrons. The standard InChI is InChI=1S/C19H19N5O2/c1-14-4-2-5-17(22-14)19(26)24-9-3-8-23(10-11-24)18(25)15-6-7-16(12-20)21-13-15/h2,4-7,13H,3,8-11H2,1H3. The molecular weight excluding hydrogens is 330 g/mol. The van der Waals surface area contributed by atoms with Gasteiger partial charge in [0.15, 0.2) is 0 Å². The van der Waals surface area contributed by atoms with Gasteiger partial charge >= 0.3 is 0 Å². The van der Waals surface area contributed by atoms with Gasteiger partial charge in [0.05, 0.1) is 5.56 Å². The van der Waals surface area contributed by atoms with Crippen LogP contribution in [-0.4, -0.2) is 57.8 Å². The average Bonchev–Trinajstić information content (AvgIpc) is 2.93. The molecule has 0 spiro atoms. The summed E-state index contributed by atoms with van der Waals surface area (Å²) in [6, 6.07) is 10.5. The summed E-state index contributed by atoms with van der Waals surface area (Å²) in [5.74, 6) is -0.243. The molecule has 1 aliphatic rings. The summed E-state index contributed by atoms with van der Waals surface area (Å²) >= 11 is 0. The van der Waals surface area contributed by atoms with Crippen molar-refractivity contribution in [1.29, 1.82) is 5.26 Å². The first kappa shape index (κ1) is 17.5. The number of hydrogen-bond donors (Lipinski definition) is 0. The van der Waals surface area contributed by atoms with Crippen LogP contribution in [-0.2, 0) is 0 Å². The second kappa shape index (κ2) is 7.74. The van der Waals surface area contributed by atoms with Crippen LogP contribution in [0.5, 0.6) is 0 Å². The third-order valence-electron chi connectivity index (χ3n) is 4.30. The molecule has 0 bridgehead atoms. The van der Waals surface area contributed by atoms with Crippen LogP contribution in [0.2, 0.25) is 0 Å². The van der Waals surface area contributed by atoms with E-state index in [1.165, 1.54) is 12.3 Å². The third-order valence-corrected chi connectivity index (χ3v) is 4.30. The predicted octanol–water partition coefficient (Wildman–Crippen LogP) is 1.65. The van der Waals surface area contributed by atoms with E-state index in [1.807, 2.05) is 25.1 Å². The highest BCUT2D eigenvalue weighted by molar-refractivity contribution is 5.94. The van der Waals surface area contributed by atoms with E-state index in [0.29, 0.717) is 43.9 Å². The summed E-state index contributed by atoms with van der Waals surface area (Å²) in [6.45, 7) is 3.93. The van der Waals surface area contributed by atoms with Gasteiger partial charge in [-0.15, -0.1) is 0 Å². The molecule has 2 amide bonds. The summed E-state index contributed by atoms with van der Waals surface area (Å²) in [4.78, 5) is 37.0. The van der Waals surface area contributed by atoms with E-state index in [-0.39, 0.29) is 17.5 Å². The smallest absolute Gasteiger partial charge is 0.272 e. The Morgan fingerprint density at radius 2 is 1.77 bits per heavy atom. The third kappa shape index (κ3) is 3.86. The molecule has 7 heteroatoms. The molecule has 132 valence electrons. The maximum absolute atomic E-state index is 12.6. The zero-order valence-electron chi connectivity index (χ0n) is 14.6. The Bertz CT molecular complexity index is 857. The number of carbonyl (C=O) groups excluding carboxylic acids is 2. The Kier molecular flexibility index (Phi) is 5.23. The number of rotatable bonds is 2. The van der Waals surface area contributed by atoms with Crippen molar-refractivity contribution in [2.75, 3.05) is 26.2 Å². The van der Waals surface area contributed by atoms with Gasteiger partial charge in [0.25, 0.3) is 11.8 Å². The molecular formula is C19H19N5O2. The SMILES string of the molecule is Cc1cccc(C(=O)N2CCCN(C(=O)c3ccc(C#N)nc3)CC2)n1. The molecule has 2 aromatic rings. The van der Waals surface area contributed by atoms with Crippen LogP contribution in [0.1, 0.15) is 38.7 Å². The van der Waals surface area contributed by atoms with Gasteiger partial charge in [0.2, 0.25) is 0 Å². The van der Waals surface area contributed by atoms with E-state index in [1.54, 1.807) is 21.9 Å². The highest BCUT2D eigenvalue weighted by atomic mass is 16.2. The minimum Gasteiger partial charge on any atom is -0.337 e. The monoisotopic (exact) mass is 349 g/mol. The summed E-state index contributed by atoms with van der Waals surface area (Å²) < 4.78 is 0. The molecule has 0 saturated carbocycles. The zero-order chi connectivity index (χ0) is 18.5. The van der Waals surface area contributed by atoms with Crippen LogP contribution >= 0.6 is 0 Å². The van der Waals surface area contributed by atoms with E-state index in [4.69, 9.17) is 5.26 Å². The van der Waals surface area contributed by atoms with Crippen LogP contribution in [0.3, 0.4) is 0 Å².